The molecule has 0 saturated heterocycles. The van der Waals surface area contributed by atoms with Gasteiger partial charge in [-0.25, -0.2) is 0 Å². The smallest absolute Gasteiger partial charge is 0.267 e. The normalized spacial score (nSPS) is 11.1. The van der Waals surface area contributed by atoms with E-state index in [9.17, 15) is 4.79 Å². The highest BCUT2D eigenvalue weighted by atomic mass is 16.5. The summed E-state index contributed by atoms with van der Waals surface area (Å²) in [6.07, 6.45) is 2.43. The molecule has 1 rings (SSSR count). The minimum atomic E-state index is -0.428. The SMILES string of the molecule is CCOc1ccc(NC(=O)/C(C#N)=C\NCCCN(CC)CC)cc1. The predicted molar refractivity (Wildman–Crippen MR) is 100 cm³/mol. The van der Waals surface area contributed by atoms with Gasteiger partial charge in [0.15, 0.2) is 0 Å². The molecule has 6 nitrogen and oxygen atoms in total. The van der Waals surface area contributed by atoms with Gasteiger partial charge in [-0.05, 0) is 57.2 Å². The second-order valence-electron chi connectivity index (χ2n) is 5.42. The molecule has 0 aliphatic carbocycles. The standard InChI is InChI=1S/C19H28N4O2/c1-4-23(5-2)13-7-12-21-15-16(14-20)19(24)22-17-8-10-18(11-9-17)25-6-3/h8-11,15,21H,4-7,12-13H2,1-3H3,(H,22,24)/b16-15-. The maximum Gasteiger partial charge on any atom is 0.267 e. The minimum absolute atomic E-state index is 0.0525. The van der Waals surface area contributed by atoms with Gasteiger partial charge in [0.25, 0.3) is 5.91 Å². The molecule has 2 N–H and O–H groups in total. The number of nitrogens with zero attached hydrogens (tertiary/aromatic N) is 2. The van der Waals surface area contributed by atoms with Crippen molar-refractivity contribution in [2.75, 3.05) is 38.1 Å². The monoisotopic (exact) mass is 344 g/mol. The molecule has 6 heteroatoms. The molecule has 25 heavy (non-hydrogen) atoms. The van der Waals surface area contributed by atoms with Crippen LogP contribution in [0.2, 0.25) is 0 Å². The van der Waals surface area contributed by atoms with Crippen LogP contribution in [0.25, 0.3) is 0 Å². The summed E-state index contributed by atoms with van der Waals surface area (Å²) < 4.78 is 5.35. The average molecular weight is 344 g/mol. The number of hydrogen-bond donors (Lipinski definition) is 2. The Balaban J connectivity index is 2.46. The Labute approximate surface area is 150 Å². The number of rotatable bonds is 11. The number of nitrogens with one attached hydrogen (secondary N) is 2. The number of anilines is 1. The summed E-state index contributed by atoms with van der Waals surface area (Å²) in [5.74, 6) is 0.314. The van der Waals surface area contributed by atoms with Crippen LogP contribution in [-0.2, 0) is 4.79 Å². The molecule has 0 aliphatic rings. The van der Waals surface area contributed by atoms with Crippen molar-refractivity contribution in [1.82, 2.24) is 10.2 Å². The molecular formula is C19H28N4O2. The van der Waals surface area contributed by atoms with Gasteiger partial charge in [0.05, 0.1) is 6.61 Å². The second-order valence-corrected chi connectivity index (χ2v) is 5.42. The van der Waals surface area contributed by atoms with Gasteiger partial charge in [-0.2, -0.15) is 5.26 Å². The van der Waals surface area contributed by atoms with Crippen molar-refractivity contribution >= 4 is 11.6 Å². The van der Waals surface area contributed by atoms with Crippen LogP contribution in [0.1, 0.15) is 27.2 Å². The number of ether oxygens (including phenoxy) is 1. The molecule has 1 aromatic carbocycles. The highest BCUT2D eigenvalue weighted by molar-refractivity contribution is 6.06. The maximum absolute atomic E-state index is 12.1. The van der Waals surface area contributed by atoms with Gasteiger partial charge >= 0.3 is 0 Å². The Morgan fingerprint density at radius 2 is 1.92 bits per heavy atom. The van der Waals surface area contributed by atoms with E-state index in [-0.39, 0.29) is 5.57 Å². The van der Waals surface area contributed by atoms with Gasteiger partial charge in [0, 0.05) is 18.4 Å². The number of hydrogen-bond acceptors (Lipinski definition) is 5. The van der Waals surface area contributed by atoms with Crippen LogP contribution >= 0.6 is 0 Å². The number of amides is 1. The zero-order valence-electron chi connectivity index (χ0n) is 15.3. The summed E-state index contributed by atoms with van der Waals surface area (Å²) in [6.45, 7) is 10.5. The fraction of sp³-hybridized carbons (Fsp3) is 0.474. The van der Waals surface area contributed by atoms with Gasteiger partial charge in [-0.3, -0.25) is 4.79 Å². The van der Waals surface area contributed by atoms with Gasteiger partial charge < -0.3 is 20.3 Å². The molecule has 0 spiro atoms. The number of nitriles is 1. The number of carbonyl (C=O) groups excluding carboxylic acids is 1. The quantitative estimate of drug-likeness (QED) is 0.367. The molecular weight excluding hydrogens is 316 g/mol. The third-order valence-electron chi connectivity index (χ3n) is 3.72. The molecule has 0 aromatic heterocycles. The Bertz CT molecular complexity index is 586. The molecule has 0 bridgehead atoms. The summed E-state index contributed by atoms with van der Waals surface area (Å²) >= 11 is 0. The lowest BCUT2D eigenvalue weighted by Crippen LogP contribution is -2.26. The van der Waals surface area contributed by atoms with E-state index in [1.807, 2.05) is 13.0 Å². The first-order chi connectivity index (χ1) is 12.1. The molecule has 0 fully saturated rings. The lowest BCUT2D eigenvalue weighted by atomic mass is 10.2. The summed E-state index contributed by atoms with van der Waals surface area (Å²) in [5, 5.41) is 14.9. The third kappa shape index (κ3) is 7.73. The van der Waals surface area contributed by atoms with Crippen molar-refractivity contribution in [3.05, 3.63) is 36.0 Å². The van der Waals surface area contributed by atoms with Crippen LogP contribution in [0.3, 0.4) is 0 Å². The molecule has 0 radical (unpaired) electrons. The van der Waals surface area contributed by atoms with Crippen molar-refractivity contribution in [2.24, 2.45) is 0 Å². The van der Waals surface area contributed by atoms with E-state index in [4.69, 9.17) is 10.00 Å². The van der Waals surface area contributed by atoms with E-state index >= 15 is 0 Å². The third-order valence-corrected chi connectivity index (χ3v) is 3.72. The highest BCUT2D eigenvalue weighted by Gasteiger charge is 2.09. The fourth-order valence-corrected chi connectivity index (χ4v) is 2.27. The molecule has 0 aliphatic heterocycles. The number of carbonyl (C=O) groups is 1. The van der Waals surface area contributed by atoms with Crippen molar-refractivity contribution in [3.63, 3.8) is 0 Å². The average Bonchev–Trinajstić information content (AvgIpc) is 2.63. The first-order valence-corrected chi connectivity index (χ1v) is 8.74. The van der Waals surface area contributed by atoms with Crippen molar-refractivity contribution in [2.45, 2.75) is 27.2 Å². The molecule has 0 saturated carbocycles. The van der Waals surface area contributed by atoms with E-state index in [1.165, 1.54) is 6.20 Å². The van der Waals surface area contributed by atoms with Crippen LogP contribution in [0.5, 0.6) is 5.75 Å². The summed E-state index contributed by atoms with van der Waals surface area (Å²) in [6, 6.07) is 8.97. The van der Waals surface area contributed by atoms with Crippen LogP contribution in [0.15, 0.2) is 36.0 Å². The zero-order valence-corrected chi connectivity index (χ0v) is 15.3. The second kappa shape index (κ2) is 11.9. The lowest BCUT2D eigenvalue weighted by molar-refractivity contribution is -0.112. The Hall–Kier alpha value is -2.52. The Kier molecular flexibility index (Phi) is 9.79. The van der Waals surface area contributed by atoms with E-state index < -0.39 is 5.91 Å². The van der Waals surface area contributed by atoms with Crippen LogP contribution in [0, 0.1) is 11.3 Å². The zero-order chi connectivity index (χ0) is 18.5. The fourth-order valence-electron chi connectivity index (χ4n) is 2.27. The first kappa shape index (κ1) is 20.5. The maximum atomic E-state index is 12.1. The van der Waals surface area contributed by atoms with Crippen LogP contribution in [0.4, 0.5) is 5.69 Å². The topological polar surface area (TPSA) is 77.4 Å². The van der Waals surface area contributed by atoms with E-state index in [2.05, 4.69) is 29.4 Å². The summed E-state index contributed by atoms with van der Waals surface area (Å²) in [5.41, 5.74) is 0.674. The highest BCUT2D eigenvalue weighted by Crippen LogP contribution is 2.16. The Morgan fingerprint density at radius 3 is 2.48 bits per heavy atom. The molecule has 0 unspecified atom stereocenters. The van der Waals surface area contributed by atoms with Gasteiger partial charge in [-0.15, -0.1) is 0 Å². The van der Waals surface area contributed by atoms with Crippen molar-refractivity contribution in [1.29, 1.82) is 5.26 Å². The first-order valence-electron chi connectivity index (χ1n) is 8.74. The summed E-state index contributed by atoms with van der Waals surface area (Å²) in [7, 11) is 0. The van der Waals surface area contributed by atoms with Gasteiger partial charge in [0.1, 0.15) is 17.4 Å². The molecule has 136 valence electrons. The summed E-state index contributed by atoms with van der Waals surface area (Å²) in [4.78, 5) is 14.5. The molecule has 0 heterocycles. The minimum Gasteiger partial charge on any atom is -0.494 e. The Morgan fingerprint density at radius 1 is 1.24 bits per heavy atom. The molecule has 1 amide bonds. The van der Waals surface area contributed by atoms with Crippen LogP contribution < -0.4 is 15.4 Å². The van der Waals surface area contributed by atoms with Crippen molar-refractivity contribution < 1.29 is 9.53 Å². The number of benzene rings is 1. The van der Waals surface area contributed by atoms with E-state index in [0.717, 1.165) is 38.3 Å². The van der Waals surface area contributed by atoms with E-state index in [1.54, 1.807) is 24.3 Å². The van der Waals surface area contributed by atoms with E-state index in [0.29, 0.717) is 12.3 Å². The molecule has 0 atom stereocenters. The predicted octanol–water partition coefficient (Wildman–Crippen LogP) is 2.75. The molecule has 1 aromatic rings. The largest absolute Gasteiger partial charge is 0.494 e. The van der Waals surface area contributed by atoms with Crippen molar-refractivity contribution in [3.8, 4) is 11.8 Å². The lowest BCUT2D eigenvalue weighted by Gasteiger charge is -2.17. The van der Waals surface area contributed by atoms with Gasteiger partial charge in [0.2, 0.25) is 0 Å². The van der Waals surface area contributed by atoms with Gasteiger partial charge in [-0.1, -0.05) is 13.8 Å². The van der Waals surface area contributed by atoms with Crippen LogP contribution in [-0.4, -0.2) is 43.6 Å².